The van der Waals surface area contributed by atoms with Gasteiger partial charge >= 0.3 is 0 Å². The van der Waals surface area contributed by atoms with Crippen molar-refractivity contribution in [2.75, 3.05) is 19.9 Å². The van der Waals surface area contributed by atoms with Gasteiger partial charge in [0.05, 0.1) is 5.54 Å². The molecule has 24 heavy (non-hydrogen) atoms. The Morgan fingerprint density at radius 1 is 1.46 bits per heavy atom. The van der Waals surface area contributed by atoms with Crippen molar-refractivity contribution < 1.29 is 24.1 Å². The van der Waals surface area contributed by atoms with Gasteiger partial charge in [0.1, 0.15) is 18.5 Å². The van der Waals surface area contributed by atoms with Crippen LogP contribution in [0.25, 0.3) is 0 Å². The zero-order valence-corrected chi connectivity index (χ0v) is 14.7. The Bertz CT molecular complexity index is 553. The quantitative estimate of drug-likeness (QED) is 0.644. The van der Waals surface area contributed by atoms with Crippen molar-refractivity contribution in [3.05, 3.63) is 18.2 Å². The summed E-state index contributed by atoms with van der Waals surface area (Å²) in [5, 5.41) is 12.6. The number of carbonyl (C=O) groups is 1. The Labute approximate surface area is 147 Å². The van der Waals surface area contributed by atoms with Crippen LogP contribution in [0.2, 0.25) is 0 Å². The molecule has 2 rings (SSSR count). The average molecular weight is 361 g/mol. The van der Waals surface area contributed by atoms with Crippen LogP contribution in [0.4, 0.5) is 0 Å². The first-order chi connectivity index (χ1) is 10.9. The van der Waals surface area contributed by atoms with Crippen molar-refractivity contribution in [3.8, 4) is 17.2 Å². The molecule has 2 atom stereocenters. The number of amides is 1. The summed E-state index contributed by atoms with van der Waals surface area (Å²) in [6, 6.07) is 5.18. The number of halogens is 1. The number of benzene rings is 1. The second-order valence-electron chi connectivity index (χ2n) is 5.86. The monoisotopic (exact) mass is 360 g/mol. The second-order valence-corrected chi connectivity index (χ2v) is 5.86. The Balaban J connectivity index is 0.00000288. The van der Waals surface area contributed by atoms with E-state index in [0.29, 0.717) is 23.7 Å². The molecule has 4 N–H and O–H groups in total. The number of carbonyl (C=O) groups excluding carboxylic acids is 1. The van der Waals surface area contributed by atoms with Crippen LogP contribution < -0.4 is 25.3 Å². The number of hydrogen-bond donors (Lipinski definition) is 3. The first-order valence-electron chi connectivity index (χ1n) is 7.70. The molecule has 0 saturated carbocycles. The fraction of sp³-hybridized carbons (Fsp3) is 0.562. The molecule has 1 aromatic carbocycles. The second kappa shape index (κ2) is 8.96. The van der Waals surface area contributed by atoms with Crippen LogP contribution in [0.15, 0.2) is 18.2 Å². The predicted octanol–water partition coefficient (Wildman–Crippen LogP) is 1.21. The van der Waals surface area contributed by atoms with Crippen LogP contribution in [0, 0.1) is 0 Å². The number of nitrogens with one attached hydrogen (secondary N) is 1. The summed E-state index contributed by atoms with van der Waals surface area (Å²) in [6.45, 7) is 3.98. The topological polar surface area (TPSA) is 103 Å². The minimum absolute atomic E-state index is 0. The van der Waals surface area contributed by atoms with E-state index >= 15 is 0 Å². The maximum Gasteiger partial charge on any atom is 0.239 e. The molecule has 0 spiro atoms. The van der Waals surface area contributed by atoms with Gasteiger partial charge in [-0.05, 0) is 25.5 Å². The lowest BCUT2D eigenvalue weighted by Gasteiger charge is -2.23. The lowest BCUT2D eigenvalue weighted by Crippen LogP contribution is -2.53. The highest BCUT2D eigenvalue weighted by atomic mass is 35.5. The zero-order chi connectivity index (χ0) is 16.9. The maximum absolute atomic E-state index is 11.9. The van der Waals surface area contributed by atoms with Crippen molar-refractivity contribution >= 4 is 18.3 Å². The third kappa shape index (κ3) is 5.43. The van der Waals surface area contributed by atoms with Crippen molar-refractivity contribution in [2.24, 2.45) is 5.73 Å². The Morgan fingerprint density at radius 3 is 2.88 bits per heavy atom. The van der Waals surface area contributed by atoms with Gasteiger partial charge in [0.25, 0.3) is 0 Å². The Kier molecular flexibility index (Phi) is 7.59. The molecule has 0 aromatic heterocycles. The van der Waals surface area contributed by atoms with E-state index in [2.05, 4.69) is 5.32 Å². The van der Waals surface area contributed by atoms with Crippen molar-refractivity contribution in [1.29, 1.82) is 0 Å². The molecule has 0 radical (unpaired) electrons. The highest BCUT2D eigenvalue weighted by molar-refractivity contribution is 5.85. The smallest absolute Gasteiger partial charge is 0.239 e. The molecule has 2 unspecified atom stereocenters. The molecule has 0 bridgehead atoms. The van der Waals surface area contributed by atoms with E-state index in [1.165, 1.54) is 0 Å². The third-order valence-electron chi connectivity index (χ3n) is 3.57. The molecular formula is C16H25ClN2O5. The number of ether oxygens (including phenoxy) is 3. The molecule has 1 aromatic rings. The van der Waals surface area contributed by atoms with Gasteiger partial charge in [-0.15, -0.1) is 12.4 Å². The molecule has 0 saturated heterocycles. The fourth-order valence-corrected chi connectivity index (χ4v) is 2.26. The summed E-state index contributed by atoms with van der Waals surface area (Å²) in [7, 11) is 0. The fourth-order valence-electron chi connectivity index (χ4n) is 2.26. The number of aliphatic hydroxyl groups excluding tert-OH is 1. The highest BCUT2D eigenvalue weighted by Crippen LogP contribution is 2.35. The molecule has 1 aliphatic heterocycles. The van der Waals surface area contributed by atoms with Crippen molar-refractivity contribution in [2.45, 2.75) is 38.3 Å². The van der Waals surface area contributed by atoms with E-state index in [9.17, 15) is 9.90 Å². The number of rotatable bonds is 8. The molecule has 0 aliphatic carbocycles. The number of nitrogens with two attached hydrogens (primary N) is 1. The summed E-state index contributed by atoms with van der Waals surface area (Å²) in [5.74, 6) is 1.57. The van der Waals surface area contributed by atoms with Crippen LogP contribution >= 0.6 is 12.4 Å². The van der Waals surface area contributed by atoms with Crippen LogP contribution in [0.5, 0.6) is 17.2 Å². The molecule has 8 heteroatoms. The number of aliphatic hydroxyl groups is 1. The van der Waals surface area contributed by atoms with Crippen LogP contribution in [-0.2, 0) is 4.79 Å². The average Bonchev–Trinajstić information content (AvgIpc) is 2.98. The van der Waals surface area contributed by atoms with E-state index in [0.717, 1.165) is 6.42 Å². The summed E-state index contributed by atoms with van der Waals surface area (Å²) in [4.78, 5) is 11.9. The van der Waals surface area contributed by atoms with Crippen LogP contribution in [0.3, 0.4) is 0 Å². The zero-order valence-electron chi connectivity index (χ0n) is 13.9. The first-order valence-corrected chi connectivity index (χ1v) is 7.70. The van der Waals surface area contributed by atoms with Crippen molar-refractivity contribution in [1.82, 2.24) is 5.32 Å². The molecule has 7 nitrogen and oxygen atoms in total. The van der Waals surface area contributed by atoms with Crippen LogP contribution in [0.1, 0.15) is 26.7 Å². The summed E-state index contributed by atoms with van der Waals surface area (Å²) < 4.78 is 15.9. The Morgan fingerprint density at radius 2 is 2.17 bits per heavy atom. The lowest BCUT2D eigenvalue weighted by molar-refractivity contribution is -0.126. The van der Waals surface area contributed by atoms with Gasteiger partial charge in [-0.3, -0.25) is 4.79 Å². The van der Waals surface area contributed by atoms with Gasteiger partial charge in [0, 0.05) is 12.6 Å². The normalized spacial score (nSPS) is 15.8. The van der Waals surface area contributed by atoms with Gasteiger partial charge in [0.2, 0.25) is 12.7 Å². The van der Waals surface area contributed by atoms with E-state index in [1.54, 1.807) is 25.1 Å². The summed E-state index contributed by atoms with van der Waals surface area (Å²) in [5.41, 5.74) is 5.00. The molecule has 1 amide bonds. The minimum atomic E-state index is -0.924. The molecule has 0 fully saturated rings. The van der Waals surface area contributed by atoms with Crippen molar-refractivity contribution in [3.63, 3.8) is 0 Å². The van der Waals surface area contributed by atoms with Gasteiger partial charge in [-0.1, -0.05) is 13.3 Å². The Hall–Kier alpha value is -1.70. The SMILES string of the molecule is CCCC(C)(N)C(=O)NCC(O)COc1ccc2c(c1)OCO2.Cl. The van der Waals surface area contributed by atoms with E-state index in [1.807, 2.05) is 6.92 Å². The van der Waals surface area contributed by atoms with Gasteiger partial charge < -0.3 is 30.4 Å². The summed E-state index contributed by atoms with van der Waals surface area (Å²) in [6.07, 6.45) is 0.570. The first kappa shape index (κ1) is 20.3. The van der Waals surface area contributed by atoms with E-state index in [4.69, 9.17) is 19.9 Å². The largest absolute Gasteiger partial charge is 0.491 e. The standard InChI is InChI=1S/C16H24N2O5.ClH/c1-3-6-16(2,17)15(20)18-8-11(19)9-21-12-4-5-13-14(7-12)23-10-22-13;/h4-5,7,11,19H,3,6,8-10,17H2,1-2H3,(H,18,20);1H. The predicted molar refractivity (Wildman–Crippen MR) is 91.8 cm³/mol. The van der Waals surface area contributed by atoms with E-state index < -0.39 is 11.6 Å². The third-order valence-corrected chi connectivity index (χ3v) is 3.57. The summed E-state index contributed by atoms with van der Waals surface area (Å²) >= 11 is 0. The molecule has 1 heterocycles. The minimum Gasteiger partial charge on any atom is -0.491 e. The van der Waals surface area contributed by atoms with Gasteiger partial charge in [0.15, 0.2) is 11.5 Å². The lowest BCUT2D eigenvalue weighted by atomic mass is 9.96. The number of hydrogen-bond acceptors (Lipinski definition) is 6. The molecule has 1 aliphatic rings. The van der Waals surface area contributed by atoms with Gasteiger partial charge in [-0.2, -0.15) is 0 Å². The maximum atomic E-state index is 11.9. The van der Waals surface area contributed by atoms with Gasteiger partial charge in [-0.25, -0.2) is 0 Å². The molecule has 136 valence electrons. The highest BCUT2D eigenvalue weighted by Gasteiger charge is 2.27. The number of fused-ring (bicyclic) bond motifs is 1. The molecular weight excluding hydrogens is 336 g/mol. The van der Waals surface area contributed by atoms with Crippen LogP contribution in [-0.4, -0.2) is 42.6 Å². The van der Waals surface area contributed by atoms with E-state index in [-0.39, 0.29) is 38.3 Å².